The van der Waals surface area contributed by atoms with Gasteiger partial charge in [0.05, 0.1) is 10.0 Å². The van der Waals surface area contributed by atoms with Crippen LogP contribution in [-0.4, -0.2) is 0 Å². The largest absolute Gasteiger partial charge is 0.394 e. The lowest BCUT2D eigenvalue weighted by molar-refractivity contribution is 0.594. The fraction of sp³-hybridized carbons (Fsp3) is 0. The molecule has 2 aromatic rings. The summed E-state index contributed by atoms with van der Waals surface area (Å²) >= 11 is 11.8. The van der Waals surface area contributed by atoms with Crippen molar-refractivity contribution in [2.75, 3.05) is 5.73 Å². The van der Waals surface area contributed by atoms with Gasteiger partial charge in [-0.2, -0.15) is 0 Å². The van der Waals surface area contributed by atoms with E-state index in [2.05, 4.69) is 0 Å². The first-order valence-electron chi connectivity index (χ1n) is 4.70. The molecule has 2 N–H and O–H groups in total. The minimum Gasteiger partial charge on any atom is -0.394 e. The van der Waals surface area contributed by atoms with E-state index in [-0.39, 0.29) is 10.6 Å². The highest BCUT2D eigenvalue weighted by atomic mass is 35.5. The Morgan fingerprint density at radius 2 is 1.65 bits per heavy atom. The molecule has 0 aromatic heterocycles. The molecule has 0 saturated heterocycles. The fourth-order valence-electron chi connectivity index (χ4n) is 1.49. The third-order valence-corrected chi connectivity index (χ3v) is 3.19. The third-order valence-electron chi connectivity index (χ3n) is 2.37. The Balaban J connectivity index is 2.69. The van der Waals surface area contributed by atoms with Crippen LogP contribution >= 0.6 is 23.2 Å². The molecule has 0 saturated carbocycles. The third kappa shape index (κ3) is 2.08. The molecule has 0 amide bonds. The lowest BCUT2D eigenvalue weighted by Crippen LogP contribution is -1.97. The van der Waals surface area contributed by atoms with Gasteiger partial charge in [-0.15, -0.1) is 0 Å². The Hall–Kier alpha value is -1.32. The van der Waals surface area contributed by atoms with E-state index in [0.29, 0.717) is 10.6 Å². The van der Waals surface area contributed by atoms with Crippen molar-refractivity contribution in [1.82, 2.24) is 0 Å². The SMILES string of the molecule is Nc1c(F)ccc(-c2cccc(Cl)c2Cl)c1F. The predicted molar refractivity (Wildman–Crippen MR) is 66.2 cm³/mol. The zero-order chi connectivity index (χ0) is 12.6. The van der Waals surface area contributed by atoms with Crippen molar-refractivity contribution in [2.45, 2.75) is 0 Å². The monoisotopic (exact) mass is 273 g/mol. The summed E-state index contributed by atoms with van der Waals surface area (Å²) in [6.45, 7) is 0. The van der Waals surface area contributed by atoms with Gasteiger partial charge < -0.3 is 5.73 Å². The minimum atomic E-state index is -0.839. The van der Waals surface area contributed by atoms with Crippen molar-refractivity contribution in [1.29, 1.82) is 0 Å². The Kier molecular flexibility index (Phi) is 3.22. The molecule has 0 unspecified atom stereocenters. The molecule has 0 spiro atoms. The van der Waals surface area contributed by atoms with E-state index in [1.54, 1.807) is 18.2 Å². The summed E-state index contributed by atoms with van der Waals surface area (Å²) < 4.78 is 26.8. The van der Waals surface area contributed by atoms with Gasteiger partial charge in [0.1, 0.15) is 11.5 Å². The number of nitrogen functional groups attached to an aromatic ring is 1. The molecule has 1 nitrogen and oxygen atoms in total. The van der Waals surface area contributed by atoms with E-state index in [9.17, 15) is 8.78 Å². The first-order chi connectivity index (χ1) is 8.02. The lowest BCUT2D eigenvalue weighted by Gasteiger charge is -2.09. The molecule has 0 bridgehead atoms. The van der Waals surface area contributed by atoms with Gasteiger partial charge in [-0.25, -0.2) is 8.78 Å². The van der Waals surface area contributed by atoms with Gasteiger partial charge in [0.25, 0.3) is 0 Å². The molecule has 88 valence electrons. The van der Waals surface area contributed by atoms with E-state index < -0.39 is 17.3 Å². The zero-order valence-electron chi connectivity index (χ0n) is 8.48. The van der Waals surface area contributed by atoms with Crippen LogP contribution in [0.2, 0.25) is 10.0 Å². The molecule has 0 fully saturated rings. The molecule has 0 radical (unpaired) electrons. The van der Waals surface area contributed by atoms with Crippen LogP contribution in [0.15, 0.2) is 30.3 Å². The van der Waals surface area contributed by atoms with Crippen LogP contribution in [0.3, 0.4) is 0 Å². The molecule has 17 heavy (non-hydrogen) atoms. The van der Waals surface area contributed by atoms with Crippen molar-refractivity contribution < 1.29 is 8.78 Å². The van der Waals surface area contributed by atoms with Gasteiger partial charge in [-0.1, -0.05) is 35.3 Å². The summed E-state index contributed by atoms with van der Waals surface area (Å²) in [6, 6.07) is 7.16. The average molecular weight is 274 g/mol. The first-order valence-corrected chi connectivity index (χ1v) is 5.46. The Labute approximate surface area is 107 Å². The van der Waals surface area contributed by atoms with Crippen LogP contribution in [-0.2, 0) is 0 Å². The standard InChI is InChI=1S/C12H7Cl2F2N/c13-8-3-1-2-6(10(8)14)7-4-5-9(15)12(17)11(7)16/h1-5H,17H2. The second-order valence-electron chi connectivity index (χ2n) is 3.42. The minimum absolute atomic E-state index is 0.122. The molecule has 0 heterocycles. The van der Waals surface area contributed by atoms with E-state index in [4.69, 9.17) is 28.9 Å². The van der Waals surface area contributed by atoms with E-state index in [1.165, 1.54) is 6.07 Å². The smallest absolute Gasteiger partial charge is 0.156 e. The summed E-state index contributed by atoms with van der Waals surface area (Å²) in [5.41, 5.74) is 5.25. The van der Waals surface area contributed by atoms with Gasteiger partial charge in [0.2, 0.25) is 0 Å². The normalized spacial score (nSPS) is 10.6. The summed E-state index contributed by atoms with van der Waals surface area (Å²) in [5, 5.41) is 0.505. The van der Waals surface area contributed by atoms with Crippen LogP contribution in [0.5, 0.6) is 0 Å². The molecular weight excluding hydrogens is 267 g/mol. The number of rotatable bonds is 1. The average Bonchev–Trinajstić information content (AvgIpc) is 2.31. The maximum atomic E-state index is 13.8. The number of nitrogens with two attached hydrogens (primary N) is 1. The highest BCUT2D eigenvalue weighted by Gasteiger charge is 2.15. The molecule has 0 aliphatic carbocycles. The highest BCUT2D eigenvalue weighted by molar-refractivity contribution is 6.43. The van der Waals surface area contributed by atoms with Crippen LogP contribution < -0.4 is 5.73 Å². The zero-order valence-corrected chi connectivity index (χ0v) is 9.99. The summed E-state index contributed by atoms with van der Waals surface area (Å²) in [6.07, 6.45) is 0. The summed E-state index contributed by atoms with van der Waals surface area (Å²) in [5.74, 6) is -1.64. The maximum Gasteiger partial charge on any atom is 0.156 e. The summed E-state index contributed by atoms with van der Waals surface area (Å²) in [4.78, 5) is 0. The molecule has 0 atom stereocenters. The Morgan fingerprint density at radius 3 is 2.35 bits per heavy atom. The van der Waals surface area contributed by atoms with Crippen LogP contribution in [0.25, 0.3) is 11.1 Å². The fourth-order valence-corrected chi connectivity index (χ4v) is 1.89. The van der Waals surface area contributed by atoms with E-state index >= 15 is 0 Å². The van der Waals surface area contributed by atoms with Gasteiger partial charge in [-0.05, 0) is 18.2 Å². The molecule has 2 rings (SSSR count). The molecule has 0 aliphatic rings. The maximum absolute atomic E-state index is 13.8. The first kappa shape index (κ1) is 12.1. The number of hydrogen-bond donors (Lipinski definition) is 1. The van der Waals surface area contributed by atoms with E-state index in [0.717, 1.165) is 6.07 Å². The van der Waals surface area contributed by atoms with Gasteiger partial charge in [-0.3, -0.25) is 0 Å². The van der Waals surface area contributed by atoms with Crippen LogP contribution in [0.1, 0.15) is 0 Å². The highest BCUT2D eigenvalue weighted by Crippen LogP contribution is 2.36. The topological polar surface area (TPSA) is 26.0 Å². The second-order valence-corrected chi connectivity index (χ2v) is 4.21. The van der Waals surface area contributed by atoms with E-state index in [1.807, 2.05) is 0 Å². The molecular formula is C12H7Cl2F2N. The van der Waals surface area contributed by atoms with Crippen LogP contribution in [0.4, 0.5) is 14.5 Å². The summed E-state index contributed by atoms with van der Waals surface area (Å²) in [7, 11) is 0. The number of benzene rings is 2. The Morgan fingerprint density at radius 1 is 0.941 bits per heavy atom. The van der Waals surface area contributed by atoms with Crippen molar-refractivity contribution >= 4 is 28.9 Å². The van der Waals surface area contributed by atoms with Crippen LogP contribution in [0, 0.1) is 11.6 Å². The second kappa shape index (κ2) is 4.51. The lowest BCUT2D eigenvalue weighted by atomic mass is 10.0. The number of halogens is 4. The number of hydrogen-bond acceptors (Lipinski definition) is 1. The Bertz CT molecular complexity index is 585. The van der Waals surface area contributed by atoms with Crippen molar-refractivity contribution in [3.05, 3.63) is 52.0 Å². The molecule has 2 aromatic carbocycles. The van der Waals surface area contributed by atoms with Crippen molar-refractivity contribution in [2.24, 2.45) is 0 Å². The van der Waals surface area contributed by atoms with Crippen molar-refractivity contribution in [3.63, 3.8) is 0 Å². The van der Waals surface area contributed by atoms with Gasteiger partial charge in [0.15, 0.2) is 5.82 Å². The predicted octanol–water partition coefficient (Wildman–Crippen LogP) is 4.52. The quantitative estimate of drug-likeness (QED) is 0.760. The van der Waals surface area contributed by atoms with Crippen molar-refractivity contribution in [3.8, 4) is 11.1 Å². The number of anilines is 1. The van der Waals surface area contributed by atoms with Gasteiger partial charge in [0, 0.05) is 11.1 Å². The molecule has 5 heteroatoms. The molecule has 0 aliphatic heterocycles. The van der Waals surface area contributed by atoms with Gasteiger partial charge >= 0.3 is 0 Å².